The summed E-state index contributed by atoms with van der Waals surface area (Å²) in [5.41, 5.74) is 1.41. The van der Waals surface area contributed by atoms with E-state index in [0.29, 0.717) is 0 Å². The minimum atomic E-state index is -4.26. The van der Waals surface area contributed by atoms with Crippen LogP contribution in [0.2, 0.25) is 0 Å². The SMILES string of the molecule is FC(F)(F)c1cccc(C2CCN(c3cc[nH]c3)CC2)c1. The lowest BCUT2D eigenvalue weighted by Gasteiger charge is -2.33. The highest BCUT2D eigenvalue weighted by molar-refractivity contribution is 5.45. The van der Waals surface area contributed by atoms with E-state index < -0.39 is 11.7 Å². The van der Waals surface area contributed by atoms with E-state index in [1.54, 1.807) is 0 Å². The molecule has 0 aliphatic carbocycles. The van der Waals surface area contributed by atoms with Crippen LogP contribution in [0, 0.1) is 0 Å². The van der Waals surface area contributed by atoms with E-state index in [1.165, 1.54) is 12.1 Å². The van der Waals surface area contributed by atoms with E-state index in [4.69, 9.17) is 0 Å². The first-order valence-corrected chi connectivity index (χ1v) is 7.09. The summed E-state index contributed by atoms with van der Waals surface area (Å²) in [7, 11) is 0. The number of nitrogens with one attached hydrogen (secondary N) is 1. The highest BCUT2D eigenvalue weighted by atomic mass is 19.4. The van der Waals surface area contributed by atoms with E-state index in [1.807, 2.05) is 24.5 Å². The Morgan fingerprint density at radius 1 is 1.10 bits per heavy atom. The molecular weight excluding hydrogens is 277 g/mol. The Morgan fingerprint density at radius 2 is 1.86 bits per heavy atom. The predicted molar refractivity (Wildman–Crippen MR) is 76.4 cm³/mol. The highest BCUT2D eigenvalue weighted by Crippen LogP contribution is 2.34. The van der Waals surface area contributed by atoms with Crippen molar-refractivity contribution in [3.63, 3.8) is 0 Å². The molecule has 1 N–H and O–H groups in total. The maximum atomic E-state index is 12.8. The molecule has 112 valence electrons. The molecular formula is C16H17F3N2. The number of benzene rings is 1. The first kappa shape index (κ1) is 14.0. The quantitative estimate of drug-likeness (QED) is 0.869. The predicted octanol–water partition coefficient (Wildman–Crippen LogP) is 4.42. The number of hydrogen-bond donors (Lipinski definition) is 1. The van der Waals surface area contributed by atoms with Crippen LogP contribution in [0.1, 0.15) is 29.9 Å². The Bertz CT molecular complexity index is 582. The molecule has 2 nitrogen and oxygen atoms in total. The summed E-state index contributed by atoms with van der Waals surface area (Å²) in [6, 6.07) is 7.78. The maximum absolute atomic E-state index is 12.8. The molecule has 1 aliphatic heterocycles. The zero-order valence-corrected chi connectivity index (χ0v) is 11.5. The summed E-state index contributed by atoms with van der Waals surface area (Å²) in [5.74, 6) is 0.211. The lowest BCUT2D eigenvalue weighted by atomic mass is 9.88. The summed E-state index contributed by atoms with van der Waals surface area (Å²) >= 11 is 0. The maximum Gasteiger partial charge on any atom is 0.416 e. The molecule has 21 heavy (non-hydrogen) atoms. The molecule has 1 aromatic heterocycles. The van der Waals surface area contributed by atoms with Crippen molar-refractivity contribution in [1.82, 2.24) is 4.98 Å². The van der Waals surface area contributed by atoms with Gasteiger partial charge in [-0.1, -0.05) is 18.2 Å². The van der Waals surface area contributed by atoms with Gasteiger partial charge in [-0.15, -0.1) is 0 Å². The van der Waals surface area contributed by atoms with E-state index >= 15 is 0 Å². The minimum Gasteiger partial charge on any atom is -0.370 e. The van der Waals surface area contributed by atoms with Gasteiger partial charge in [-0.05, 0) is 36.5 Å². The van der Waals surface area contributed by atoms with Gasteiger partial charge in [-0.25, -0.2) is 0 Å². The molecule has 5 heteroatoms. The molecule has 2 heterocycles. The molecule has 1 fully saturated rings. The third-order valence-electron chi connectivity index (χ3n) is 4.13. The number of hydrogen-bond acceptors (Lipinski definition) is 1. The van der Waals surface area contributed by atoms with Crippen LogP contribution in [0.3, 0.4) is 0 Å². The van der Waals surface area contributed by atoms with Crippen molar-refractivity contribution in [2.45, 2.75) is 24.9 Å². The Kier molecular flexibility index (Phi) is 3.66. The minimum absolute atomic E-state index is 0.211. The molecule has 0 bridgehead atoms. The topological polar surface area (TPSA) is 19.0 Å². The third-order valence-corrected chi connectivity index (χ3v) is 4.13. The third kappa shape index (κ3) is 3.06. The van der Waals surface area contributed by atoms with Crippen LogP contribution >= 0.6 is 0 Å². The molecule has 0 saturated carbocycles. The monoisotopic (exact) mass is 294 g/mol. The molecule has 0 radical (unpaired) electrons. The number of aromatic nitrogens is 1. The highest BCUT2D eigenvalue weighted by Gasteiger charge is 2.31. The summed E-state index contributed by atoms with van der Waals surface area (Å²) in [6.45, 7) is 1.75. The molecule has 0 unspecified atom stereocenters. The van der Waals surface area contributed by atoms with Crippen LogP contribution < -0.4 is 4.90 Å². The van der Waals surface area contributed by atoms with E-state index in [-0.39, 0.29) is 5.92 Å². The first-order chi connectivity index (χ1) is 10.0. The molecule has 0 atom stereocenters. The largest absolute Gasteiger partial charge is 0.416 e. The van der Waals surface area contributed by atoms with Crippen molar-refractivity contribution >= 4 is 5.69 Å². The fraction of sp³-hybridized carbons (Fsp3) is 0.375. The summed E-state index contributed by atoms with van der Waals surface area (Å²) in [4.78, 5) is 5.29. The molecule has 1 saturated heterocycles. The zero-order valence-electron chi connectivity index (χ0n) is 11.5. The van der Waals surface area contributed by atoms with Crippen molar-refractivity contribution in [3.8, 4) is 0 Å². The molecule has 2 aromatic rings. The van der Waals surface area contributed by atoms with Crippen molar-refractivity contribution < 1.29 is 13.2 Å². The normalized spacial score (nSPS) is 17.2. The van der Waals surface area contributed by atoms with Crippen molar-refractivity contribution in [2.24, 2.45) is 0 Å². The summed E-state index contributed by atoms with van der Waals surface area (Å²) < 4.78 is 38.3. The van der Waals surface area contributed by atoms with Crippen LogP contribution in [0.15, 0.2) is 42.7 Å². The smallest absolute Gasteiger partial charge is 0.370 e. The lowest BCUT2D eigenvalue weighted by Crippen LogP contribution is -2.32. The van der Waals surface area contributed by atoms with Gasteiger partial charge >= 0.3 is 6.18 Å². The first-order valence-electron chi connectivity index (χ1n) is 7.09. The molecule has 3 rings (SSSR count). The molecule has 1 aromatic carbocycles. The fourth-order valence-electron chi connectivity index (χ4n) is 2.95. The van der Waals surface area contributed by atoms with Gasteiger partial charge in [-0.3, -0.25) is 0 Å². The Balaban J connectivity index is 1.70. The van der Waals surface area contributed by atoms with Gasteiger partial charge in [0.2, 0.25) is 0 Å². The van der Waals surface area contributed by atoms with E-state index in [2.05, 4.69) is 9.88 Å². The second-order valence-electron chi connectivity index (χ2n) is 5.45. The second-order valence-corrected chi connectivity index (χ2v) is 5.45. The Morgan fingerprint density at radius 3 is 2.48 bits per heavy atom. The van der Waals surface area contributed by atoms with E-state index in [0.717, 1.165) is 43.2 Å². The number of halogens is 3. The Labute approximate surface area is 121 Å². The number of H-pyrrole nitrogens is 1. The number of alkyl halides is 3. The van der Waals surface area contributed by atoms with Crippen molar-refractivity contribution in [2.75, 3.05) is 18.0 Å². The van der Waals surface area contributed by atoms with Gasteiger partial charge in [0.1, 0.15) is 0 Å². The van der Waals surface area contributed by atoms with Crippen LogP contribution in [-0.2, 0) is 6.18 Å². The van der Waals surface area contributed by atoms with Crippen molar-refractivity contribution in [3.05, 3.63) is 53.9 Å². The fourth-order valence-corrected chi connectivity index (χ4v) is 2.95. The standard InChI is InChI=1S/C16H17F3N2/c17-16(18,19)14-3-1-2-13(10-14)12-5-8-21(9-6-12)15-4-7-20-11-15/h1-4,7,10-12,20H,5-6,8-9H2. The van der Waals surface area contributed by atoms with Crippen LogP contribution in [0.4, 0.5) is 18.9 Å². The summed E-state index contributed by atoms with van der Waals surface area (Å²) in [5, 5.41) is 0. The van der Waals surface area contributed by atoms with Crippen molar-refractivity contribution in [1.29, 1.82) is 0 Å². The van der Waals surface area contributed by atoms with Gasteiger partial charge in [0.25, 0.3) is 0 Å². The summed E-state index contributed by atoms with van der Waals surface area (Å²) in [6.07, 6.45) is 1.33. The number of piperidine rings is 1. The van der Waals surface area contributed by atoms with Crippen LogP contribution in [0.25, 0.3) is 0 Å². The van der Waals surface area contributed by atoms with Gasteiger partial charge in [0.05, 0.1) is 11.3 Å². The average molecular weight is 294 g/mol. The molecule has 0 amide bonds. The molecule has 1 aliphatic rings. The number of nitrogens with zero attached hydrogens (tertiary/aromatic N) is 1. The average Bonchev–Trinajstić information content (AvgIpc) is 3.01. The zero-order chi connectivity index (χ0) is 14.9. The lowest BCUT2D eigenvalue weighted by molar-refractivity contribution is -0.137. The number of rotatable bonds is 2. The van der Waals surface area contributed by atoms with Gasteiger partial charge in [0, 0.05) is 25.5 Å². The van der Waals surface area contributed by atoms with Gasteiger partial charge in [0.15, 0.2) is 0 Å². The second kappa shape index (κ2) is 5.47. The van der Waals surface area contributed by atoms with Crippen LogP contribution in [0.5, 0.6) is 0 Å². The molecule has 0 spiro atoms. The van der Waals surface area contributed by atoms with E-state index in [9.17, 15) is 13.2 Å². The number of anilines is 1. The van der Waals surface area contributed by atoms with Gasteiger partial charge < -0.3 is 9.88 Å². The Hall–Kier alpha value is -1.91. The van der Waals surface area contributed by atoms with Gasteiger partial charge in [-0.2, -0.15) is 13.2 Å². The van der Waals surface area contributed by atoms with Crippen LogP contribution in [-0.4, -0.2) is 18.1 Å². The number of aromatic amines is 1.